The molecule has 0 aliphatic carbocycles. The zero-order valence-corrected chi connectivity index (χ0v) is 12.8. The third kappa shape index (κ3) is 6.12. The van der Waals surface area contributed by atoms with Gasteiger partial charge >= 0.3 is 0 Å². The highest BCUT2D eigenvalue weighted by Gasteiger charge is 2.03. The van der Waals surface area contributed by atoms with Gasteiger partial charge in [-0.2, -0.15) is 0 Å². The molecule has 1 rings (SSSR count). The maximum atomic E-state index is 11.7. The molecule has 1 amide bonds. The van der Waals surface area contributed by atoms with Crippen LogP contribution in [0.25, 0.3) is 0 Å². The molecule has 114 valence electrons. The van der Waals surface area contributed by atoms with Gasteiger partial charge < -0.3 is 16.0 Å². The molecule has 0 bridgehead atoms. The molecule has 0 aromatic heterocycles. The van der Waals surface area contributed by atoms with Crippen LogP contribution in [0.1, 0.15) is 29.8 Å². The number of rotatable bonds is 7. The van der Waals surface area contributed by atoms with E-state index in [2.05, 4.69) is 27.5 Å². The number of guanidine groups is 1. The zero-order valence-electron chi connectivity index (χ0n) is 12.8. The van der Waals surface area contributed by atoms with Crippen LogP contribution in [0.5, 0.6) is 0 Å². The van der Waals surface area contributed by atoms with Crippen LogP contribution in [0.2, 0.25) is 0 Å². The van der Waals surface area contributed by atoms with Crippen molar-refractivity contribution in [1.29, 1.82) is 0 Å². The van der Waals surface area contributed by atoms with Crippen LogP contribution in [0, 0.1) is 0 Å². The van der Waals surface area contributed by atoms with Gasteiger partial charge in [0.25, 0.3) is 5.91 Å². The maximum Gasteiger partial charge on any atom is 0.251 e. The molecule has 0 aliphatic rings. The lowest BCUT2D eigenvalue weighted by molar-refractivity contribution is 0.0956. The van der Waals surface area contributed by atoms with Gasteiger partial charge in [-0.3, -0.25) is 4.79 Å². The normalized spacial score (nSPS) is 10.9. The van der Waals surface area contributed by atoms with Crippen LogP contribution in [-0.2, 0) is 6.54 Å². The Bertz CT molecular complexity index is 480. The molecular weight excluding hydrogens is 264 g/mol. The van der Waals surface area contributed by atoms with E-state index in [0.29, 0.717) is 25.2 Å². The number of nitrogens with zero attached hydrogens (tertiary/aromatic N) is 1. The number of carbonyl (C=O) groups is 1. The monoisotopic (exact) mass is 288 g/mol. The molecule has 0 spiro atoms. The summed E-state index contributed by atoms with van der Waals surface area (Å²) in [6.07, 6.45) is 1.79. The Morgan fingerprint density at radius 2 is 1.81 bits per heavy atom. The Morgan fingerprint density at radius 1 is 1.14 bits per heavy atom. The van der Waals surface area contributed by atoms with Crippen molar-refractivity contribution >= 4 is 11.9 Å². The summed E-state index contributed by atoms with van der Waals surface area (Å²) < 4.78 is 0. The quantitative estimate of drug-likeness (QED) is 0.406. The van der Waals surface area contributed by atoms with E-state index in [1.807, 2.05) is 38.1 Å². The predicted octanol–water partition coefficient (Wildman–Crippen LogP) is 1.68. The first kappa shape index (κ1) is 16.8. The number of hydrogen-bond donors (Lipinski definition) is 3. The second-order valence-corrected chi connectivity index (χ2v) is 4.42. The topological polar surface area (TPSA) is 65.5 Å². The number of benzene rings is 1. The minimum Gasteiger partial charge on any atom is -0.357 e. The van der Waals surface area contributed by atoms with Crippen molar-refractivity contribution in [2.45, 2.75) is 20.4 Å². The average molecular weight is 288 g/mol. The lowest BCUT2D eigenvalue weighted by Gasteiger charge is -2.09. The molecule has 1 aromatic carbocycles. The summed E-state index contributed by atoms with van der Waals surface area (Å²) >= 11 is 0. The standard InChI is InChI=1S/C16H24N4O/c1-4-11-19-16(18-6-3)20-12-13-7-9-14(10-8-13)15(21)17-5-2/h4,7-10H,1,5-6,11-12H2,2-3H3,(H,17,21)(H2,18,19,20). The minimum atomic E-state index is -0.0476. The molecule has 3 N–H and O–H groups in total. The van der Waals surface area contributed by atoms with Gasteiger partial charge in [0.2, 0.25) is 0 Å². The average Bonchev–Trinajstić information content (AvgIpc) is 2.51. The molecule has 0 saturated carbocycles. The predicted molar refractivity (Wildman–Crippen MR) is 87.5 cm³/mol. The van der Waals surface area contributed by atoms with Gasteiger partial charge in [0.1, 0.15) is 0 Å². The van der Waals surface area contributed by atoms with E-state index in [1.54, 1.807) is 6.08 Å². The highest BCUT2D eigenvalue weighted by molar-refractivity contribution is 5.94. The Kier molecular flexibility index (Phi) is 7.64. The Hall–Kier alpha value is -2.30. The van der Waals surface area contributed by atoms with Crippen molar-refractivity contribution < 1.29 is 4.79 Å². The van der Waals surface area contributed by atoms with Crippen LogP contribution < -0.4 is 16.0 Å². The Morgan fingerprint density at radius 3 is 2.38 bits per heavy atom. The minimum absolute atomic E-state index is 0.0476. The zero-order chi connectivity index (χ0) is 15.5. The number of hydrogen-bond acceptors (Lipinski definition) is 2. The third-order valence-corrected chi connectivity index (χ3v) is 2.73. The van der Waals surface area contributed by atoms with E-state index in [-0.39, 0.29) is 5.91 Å². The first-order valence-electron chi connectivity index (χ1n) is 7.21. The van der Waals surface area contributed by atoms with Crippen molar-refractivity contribution in [3.8, 4) is 0 Å². The Balaban J connectivity index is 2.64. The third-order valence-electron chi connectivity index (χ3n) is 2.73. The molecule has 0 radical (unpaired) electrons. The van der Waals surface area contributed by atoms with Crippen molar-refractivity contribution in [2.75, 3.05) is 19.6 Å². The summed E-state index contributed by atoms with van der Waals surface area (Å²) in [5, 5.41) is 9.08. The smallest absolute Gasteiger partial charge is 0.251 e. The molecule has 21 heavy (non-hydrogen) atoms. The first-order valence-corrected chi connectivity index (χ1v) is 7.21. The maximum absolute atomic E-state index is 11.7. The van der Waals surface area contributed by atoms with Gasteiger partial charge in [0.15, 0.2) is 5.96 Å². The highest BCUT2D eigenvalue weighted by Crippen LogP contribution is 2.05. The largest absolute Gasteiger partial charge is 0.357 e. The molecule has 5 nitrogen and oxygen atoms in total. The SMILES string of the molecule is C=CCNC(=NCc1ccc(C(=O)NCC)cc1)NCC. The number of carbonyl (C=O) groups excluding carboxylic acids is 1. The molecule has 0 atom stereocenters. The lowest BCUT2D eigenvalue weighted by atomic mass is 10.1. The van der Waals surface area contributed by atoms with E-state index in [4.69, 9.17) is 0 Å². The van der Waals surface area contributed by atoms with Crippen molar-refractivity contribution in [2.24, 2.45) is 4.99 Å². The van der Waals surface area contributed by atoms with Crippen molar-refractivity contribution in [3.63, 3.8) is 0 Å². The fourth-order valence-corrected chi connectivity index (χ4v) is 1.71. The van der Waals surface area contributed by atoms with Crippen LogP contribution in [0.4, 0.5) is 0 Å². The van der Waals surface area contributed by atoms with Gasteiger partial charge in [-0.25, -0.2) is 4.99 Å². The summed E-state index contributed by atoms with van der Waals surface area (Å²) in [5.74, 6) is 0.707. The molecule has 0 aliphatic heterocycles. The number of amides is 1. The Labute approximate surface area is 126 Å². The van der Waals surface area contributed by atoms with Gasteiger partial charge in [-0.15, -0.1) is 6.58 Å². The summed E-state index contributed by atoms with van der Waals surface area (Å²) in [5.41, 5.74) is 1.72. The van der Waals surface area contributed by atoms with Crippen LogP contribution in [0.3, 0.4) is 0 Å². The summed E-state index contributed by atoms with van der Waals surface area (Å²) in [6, 6.07) is 7.48. The second-order valence-electron chi connectivity index (χ2n) is 4.42. The van der Waals surface area contributed by atoms with Gasteiger partial charge in [0.05, 0.1) is 6.54 Å². The van der Waals surface area contributed by atoms with Gasteiger partial charge in [-0.05, 0) is 31.5 Å². The molecule has 5 heteroatoms. The molecule has 0 unspecified atom stereocenters. The molecule has 0 fully saturated rings. The van der Waals surface area contributed by atoms with Crippen molar-refractivity contribution in [3.05, 3.63) is 48.0 Å². The van der Waals surface area contributed by atoms with E-state index in [9.17, 15) is 4.79 Å². The number of aliphatic imine (C=N–C) groups is 1. The fraction of sp³-hybridized carbons (Fsp3) is 0.375. The summed E-state index contributed by atoms with van der Waals surface area (Å²) in [4.78, 5) is 16.1. The van der Waals surface area contributed by atoms with Crippen molar-refractivity contribution in [1.82, 2.24) is 16.0 Å². The van der Waals surface area contributed by atoms with E-state index < -0.39 is 0 Å². The highest BCUT2D eigenvalue weighted by atomic mass is 16.1. The lowest BCUT2D eigenvalue weighted by Crippen LogP contribution is -2.37. The molecular formula is C16H24N4O. The van der Waals surface area contributed by atoms with E-state index >= 15 is 0 Å². The summed E-state index contributed by atoms with van der Waals surface area (Å²) in [6.45, 7) is 10.3. The summed E-state index contributed by atoms with van der Waals surface area (Å²) in [7, 11) is 0. The fourth-order valence-electron chi connectivity index (χ4n) is 1.71. The van der Waals surface area contributed by atoms with Gasteiger partial charge in [0, 0.05) is 25.2 Å². The van der Waals surface area contributed by atoms with Crippen LogP contribution >= 0.6 is 0 Å². The van der Waals surface area contributed by atoms with Gasteiger partial charge in [-0.1, -0.05) is 18.2 Å². The molecule has 1 aromatic rings. The first-order chi connectivity index (χ1) is 10.2. The van der Waals surface area contributed by atoms with E-state index in [1.165, 1.54) is 0 Å². The van der Waals surface area contributed by atoms with E-state index in [0.717, 1.165) is 18.1 Å². The van der Waals surface area contributed by atoms with Crippen LogP contribution in [0.15, 0.2) is 41.9 Å². The molecule has 0 saturated heterocycles. The second kappa shape index (κ2) is 9.58. The molecule has 0 heterocycles. The number of nitrogens with one attached hydrogen (secondary N) is 3. The van der Waals surface area contributed by atoms with Crippen LogP contribution in [-0.4, -0.2) is 31.5 Å².